The molecule has 1 N–H and O–H groups in total. The van der Waals surface area contributed by atoms with Crippen LogP contribution in [0.15, 0.2) is 59.7 Å². The van der Waals surface area contributed by atoms with Gasteiger partial charge in [-0.05, 0) is 35.9 Å². The molecule has 0 saturated heterocycles. The molecule has 2 aromatic heterocycles. The first kappa shape index (κ1) is 15.2. The minimum Gasteiger partial charge on any atom is -0.492 e. The molecule has 0 atom stereocenters. The van der Waals surface area contributed by atoms with Crippen LogP contribution in [0.2, 0.25) is 0 Å². The van der Waals surface area contributed by atoms with E-state index in [2.05, 4.69) is 10.3 Å². The normalized spacial score (nSPS) is 10.8. The Morgan fingerprint density at radius 3 is 2.96 bits per heavy atom. The number of ether oxygens (including phenoxy) is 1. The Balaban J connectivity index is 1.53. The van der Waals surface area contributed by atoms with Crippen LogP contribution in [0.5, 0.6) is 5.75 Å². The van der Waals surface area contributed by atoms with Crippen molar-refractivity contribution < 1.29 is 4.74 Å². The van der Waals surface area contributed by atoms with Crippen molar-refractivity contribution in [1.82, 2.24) is 14.9 Å². The summed E-state index contributed by atoms with van der Waals surface area (Å²) >= 11 is 0. The zero-order chi connectivity index (χ0) is 16.1. The third kappa shape index (κ3) is 3.76. The van der Waals surface area contributed by atoms with Gasteiger partial charge in [-0.1, -0.05) is 6.07 Å². The predicted molar refractivity (Wildman–Crippen MR) is 90.6 cm³/mol. The van der Waals surface area contributed by atoms with Gasteiger partial charge in [0.25, 0.3) is 5.56 Å². The number of aryl methyl sites for hydroxylation is 1. The van der Waals surface area contributed by atoms with Crippen molar-refractivity contribution in [3.05, 3.63) is 70.8 Å². The van der Waals surface area contributed by atoms with Gasteiger partial charge in [0, 0.05) is 44.0 Å². The number of pyridine rings is 2. The van der Waals surface area contributed by atoms with Crippen molar-refractivity contribution in [3.63, 3.8) is 0 Å². The van der Waals surface area contributed by atoms with Gasteiger partial charge in [-0.25, -0.2) is 0 Å². The summed E-state index contributed by atoms with van der Waals surface area (Å²) in [7, 11) is 1.77. The molecule has 0 saturated carbocycles. The molecule has 0 aliphatic heterocycles. The Bertz CT molecular complexity index is 844. The monoisotopic (exact) mass is 309 g/mol. The highest BCUT2D eigenvalue weighted by atomic mass is 16.5. The van der Waals surface area contributed by atoms with E-state index in [9.17, 15) is 4.79 Å². The van der Waals surface area contributed by atoms with E-state index < -0.39 is 0 Å². The Hall–Kier alpha value is -2.66. The third-order valence-corrected chi connectivity index (χ3v) is 3.70. The summed E-state index contributed by atoms with van der Waals surface area (Å²) in [6.07, 6.45) is 3.61. The Kier molecular flexibility index (Phi) is 4.68. The van der Waals surface area contributed by atoms with Gasteiger partial charge in [-0.2, -0.15) is 0 Å². The summed E-state index contributed by atoms with van der Waals surface area (Å²) in [5.41, 5.74) is 2.05. The Morgan fingerprint density at radius 1 is 1.22 bits per heavy atom. The molecule has 0 bridgehead atoms. The molecule has 0 aliphatic carbocycles. The summed E-state index contributed by atoms with van der Waals surface area (Å²) in [4.78, 5) is 15.7. The first-order valence-electron chi connectivity index (χ1n) is 7.56. The van der Waals surface area contributed by atoms with Crippen LogP contribution in [0.4, 0.5) is 0 Å². The number of nitrogens with one attached hydrogen (secondary N) is 1. The molecule has 5 nitrogen and oxygen atoms in total. The average Bonchev–Trinajstić information content (AvgIpc) is 2.59. The molecule has 3 rings (SSSR count). The highest BCUT2D eigenvalue weighted by molar-refractivity contribution is 5.80. The molecule has 0 spiro atoms. The molecule has 0 unspecified atom stereocenters. The minimum atomic E-state index is -0.00855. The zero-order valence-corrected chi connectivity index (χ0v) is 13.0. The molecule has 3 aromatic rings. The quantitative estimate of drug-likeness (QED) is 0.709. The van der Waals surface area contributed by atoms with E-state index in [1.807, 2.05) is 42.6 Å². The van der Waals surface area contributed by atoms with Crippen molar-refractivity contribution in [1.29, 1.82) is 0 Å². The van der Waals surface area contributed by atoms with E-state index in [1.54, 1.807) is 23.9 Å². The van der Waals surface area contributed by atoms with Gasteiger partial charge in [-0.3, -0.25) is 9.78 Å². The highest BCUT2D eigenvalue weighted by Gasteiger charge is 2.01. The number of rotatable bonds is 6. The van der Waals surface area contributed by atoms with E-state index in [-0.39, 0.29) is 5.56 Å². The second-order valence-corrected chi connectivity index (χ2v) is 5.34. The summed E-state index contributed by atoms with van der Waals surface area (Å²) < 4.78 is 7.39. The maximum Gasteiger partial charge on any atom is 0.250 e. The summed E-state index contributed by atoms with van der Waals surface area (Å²) in [6, 6.07) is 13.1. The number of fused-ring (bicyclic) bond motifs is 1. The lowest BCUT2D eigenvalue weighted by Gasteiger charge is -2.10. The molecular formula is C18H19N3O2. The fraction of sp³-hybridized carbons (Fsp3) is 0.222. The molecule has 0 amide bonds. The standard InChI is InChI=1S/C18H19N3O2/c1-21-17-6-5-16(11-15(17)4-7-18(21)22)23-10-9-20-13-14-3-2-8-19-12-14/h2-8,11-12,20H,9-10,13H2,1H3. The molecule has 0 radical (unpaired) electrons. The van der Waals surface area contributed by atoms with Gasteiger partial charge in [0.2, 0.25) is 0 Å². The zero-order valence-electron chi connectivity index (χ0n) is 13.0. The van der Waals surface area contributed by atoms with Gasteiger partial charge in [0.15, 0.2) is 0 Å². The molecule has 23 heavy (non-hydrogen) atoms. The van der Waals surface area contributed by atoms with Crippen molar-refractivity contribution in [2.45, 2.75) is 6.54 Å². The van der Waals surface area contributed by atoms with Crippen LogP contribution in [0.3, 0.4) is 0 Å². The van der Waals surface area contributed by atoms with Crippen molar-refractivity contribution in [3.8, 4) is 5.75 Å². The topological polar surface area (TPSA) is 56.1 Å². The lowest BCUT2D eigenvalue weighted by Crippen LogP contribution is -2.20. The van der Waals surface area contributed by atoms with Crippen LogP contribution >= 0.6 is 0 Å². The number of nitrogens with zero attached hydrogens (tertiary/aromatic N) is 2. The van der Waals surface area contributed by atoms with Crippen LogP contribution in [-0.2, 0) is 13.6 Å². The van der Waals surface area contributed by atoms with Gasteiger partial charge < -0.3 is 14.6 Å². The van der Waals surface area contributed by atoms with Crippen LogP contribution in [0.1, 0.15) is 5.56 Å². The number of hydrogen-bond acceptors (Lipinski definition) is 4. The maximum absolute atomic E-state index is 11.6. The third-order valence-electron chi connectivity index (χ3n) is 3.70. The minimum absolute atomic E-state index is 0.00855. The fourth-order valence-corrected chi connectivity index (χ4v) is 2.43. The van der Waals surface area contributed by atoms with Crippen molar-refractivity contribution in [2.75, 3.05) is 13.2 Å². The summed E-state index contributed by atoms with van der Waals surface area (Å²) in [5, 5.41) is 4.31. The van der Waals surface area contributed by atoms with E-state index in [4.69, 9.17) is 4.74 Å². The van der Waals surface area contributed by atoms with Gasteiger partial charge >= 0.3 is 0 Å². The number of benzene rings is 1. The molecule has 2 heterocycles. The molecular weight excluding hydrogens is 290 g/mol. The SMILES string of the molecule is Cn1c(=O)ccc2cc(OCCNCc3cccnc3)ccc21. The van der Waals surface area contributed by atoms with E-state index in [0.717, 1.165) is 35.3 Å². The Morgan fingerprint density at radius 2 is 2.13 bits per heavy atom. The molecule has 0 aliphatic rings. The largest absolute Gasteiger partial charge is 0.492 e. The second kappa shape index (κ2) is 7.07. The molecule has 1 aromatic carbocycles. The van der Waals surface area contributed by atoms with E-state index >= 15 is 0 Å². The smallest absolute Gasteiger partial charge is 0.250 e. The predicted octanol–water partition coefficient (Wildman–Crippen LogP) is 2.10. The first-order valence-corrected chi connectivity index (χ1v) is 7.56. The Labute approximate surface area is 134 Å². The fourth-order valence-electron chi connectivity index (χ4n) is 2.43. The van der Waals surface area contributed by atoms with Crippen molar-refractivity contribution in [2.24, 2.45) is 7.05 Å². The van der Waals surface area contributed by atoms with E-state index in [1.165, 1.54) is 0 Å². The van der Waals surface area contributed by atoms with Gasteiger partial charge in [0.05, 0.1) is 5.52 Å². The summed E-state index contributed by atoms with van der Waals surface area (Å²) in [6.45, 7) is 2.11. The molecule has 5 heteroatoms. The molecule has 118 valence electrons. The van der Waals surface area contributed by atoms with Crippen molar-refractivity contribution >= 4 is 10.9 Å². The lowest BCUT2D eigenvalue weighted by atomic mass is 10.2. The molecule has 0 fully saturated rings. The number of aromatic nitrogens is 2. The maximum atomic E-state index is 11.6. The van der Waals surface area contributed by atoms with Crippen LogP contribution in [0.25, 0.3) is 10.9 Å². The first-order chi connectivity index (χ1) is 11.2. The van der Waals surface area contributed by atoms with Crippen LogP contribution < -0.4 is 15.6 Å². The van der Waals surface area contributed by atoms with Gasteiger partial charge in [0.1, 0.15) is 12.4 Å². The highest BCUT2D eigenvalue weighted by Crippen LogP contribution is 2.19. The van der Waals surface area contributed by atoms with E-state index in [0.29, 0.717) is 6.61 Å². The van der Waals surface area contributed by atoms with Crippen LogP contribution in [-0.4, -0.2) is 22.7 Å². The average molecular weight is 309 g/mol. The van der Waals surface area contributed by atoms with Crippen LogP contribution in [0, 0.1) is 0 Å². The number of hydrogen-bond donors (Lipinski definition) is 1. The second-order valence-electron chi connectivity index (χ2n) is 5.34. The lowest BCUT2D eigenvalue weighted by molar-refractivity contribution is 0.314. The summed E-state index contributed by atoms with van der Waals surface area (Å²) in [5.74, 6) is 0.805. The van der Waals surface area contributed by atoms with Gasteiger partial charge in [-0.15, -0.1) is 0 Å².